The van der Waals surface area contributed by atoms with Crippen LogP contribution in [0.3, 0.4) is 0 Å². The molecule has 4 nitrogen and oxygen atoms in total. The fourth-order valence-corrected chi connectivity index (χ4v) is 5.30. The summed E-state index contributed by atoms with van der Waals surface area (Å²) in [5.41, 5.74) is 6.63. The molecule has 0 fully saturated rings. The Morgan fingerprint density at radius 1 is 1.18 bits per heavy atom. The summed E-state index contributed by atoms with van der Waals surface area (Å²) in [4.78, 5) is 23.7. The third-order valence-electron chi connectivity index (χ3n) is 5.40. The summed E-state index contributed by atoms with van der Waals surface area (Å²) in [6.45, 7) is 6.34. The molecule has 28 heavy (non-hydrogen) atoms. The van der Waals surface area contributed by atoms with Crippen molar-refractivity contribution in [3.8, 4) is 11.3 Å². The number of thiophene rings is 1. The first-order chi connectivity index (χ1) is 13.6. The van der Waals surface area contributed by atoms with Gasteiger partial charge in [0, 0.05) is 17.5 Å². The maximum absolute atomic E-state index is 13.0. The van der Waals surface area contributed by atoms with Crippen molar-refractivity contribution in [3.05, 3.63) is 70.3 Å². The van der Waals surface area contributed by atoms with Crippen LogP contribution >= 0.6 is 11.3 Å². The molecule has 1 aromatic carbocycles. The molecule has 1 aliphatic carbocycles. The van der Waals surface area contributed by atoms with Crippen molar-refractivity contribution >= 4 is 31.8 Å². The fraction of sp³-hybridized carbons (Fsp3) is 0.261. The summed E-state index contributed by atoms with van der Waals surface area (Å²) in [7, 11) is 0. The lowest BCUT2D eigenvalue weighted by atomic mass is 9.87. The van der Waals surface area contributed by atoms with Gasteiger partial charge in [0.15, 0.2) is 0 Å². The zero-order chi connectivity index (χ0) is 19.3. The van der Waals surface area contributed by atoms with Crippen molar-refractivity contribution in [2.75, 3.05) is 0 Å². The number of rotatable bonds is 3. The smallest absolute Gasteiger partial charge is 0.271 e. The number of hydrogen-bond donors (Lipinski definition) is 0. The second-order valence-electron chi connectivity index (χ2n) is 7.59. The Hall–Kier alpha value is -2.79. The van der Waals surface area contributed by atoms with Crippen molar-refractivity contribution in [2.24, 2.45) is 0 Å². The molecule has 1 aliphatic rings. The Kier molecular flexibility index (Phi) is 4.13. The highest BCUT2D eigenvalue weighted by Crippen LogP contribution is 2.40. The molecule has 0 spiro atoms. The van der Waals surface area contributed by atoms with Gasteiger partial charge in [0.25, 0.3) is 5.56 Å². The first kappa shape index (κ1) is 17.3. The fourth-order valence-electron chi connectivity index (χ4n) is 4.19. The molecule has 0 aliphatic heterocycles. The van der Waals surface area contributed by atoms with Crippen LogP contribution in [0.1, 0.15) is 30.9 Å². The van der Waals surface area contributed by atoms with E-state index in [0.717, 1.165) is 45.4 Å². The number of pyridine rings is 1. The minimum atomic E-state index is 0.00169. The topological polar surface area (TPSA) is 47.8 Å². The molecule has 0 saturated heterocycles. The van der Waals surface area contributed by atoms with E-state index in [2.05, 4.69) is 35.8 Å². The van der Waals surface area contributed by atoms with E-state index in [1.54, 1.807) is 10.9 Å². The molecule has 0 saturated carbocycles. The van der Waals surface area contributed by atoms with Crippen molar-refractivity contribution in [3.63, 3.8) is 0 Å². The zero-order valence-electron chi connectivity index (χ0n) is 15.9. The van der Waals surface area contributed by atoms with Crippen molar-refractivity contribution in [2.45, 2.75) is 39.2 Å². The summed E-state index contributed by atoms with van der Waals surface area (Å²) < 4.78 is 2.34. The molecule has 0 bridgehead atoms. The number of aryl methyl sites for hydroxylation is 1. The van der Waals surface area contributed by atoms with Gasteiger partial charge in [-0.15, -0.1) is 11.3 Å². The molecule has 5 rings (SSSR count). The molecule has 140 valence electrons. The van der Waals surface area contributed by atoms with Crippen LogP contribution in [0, 0.1) is 0 Å². The number of nitrogens with zero attached hydrogens (tertiary/aromatic N) is 3. The molecule has 0 unspecified atom stereocenters. The van der Waals surface area contributed by atoms with Gasteiger partial charge in [0.1, 0.15) is 9.53 Å². The summed E-state index contributed by atoms with van der Waals surface area (Å²) in [5, 5.41) is 1.09. The Balaban J connectivity index is 1.84. The molecule has 0 radical (unpaired) electrons. The second kappa shape index (κ2) is 6.67. The highest BCUT2D eigenvalue weighted by Gasteiger charge is 2.23. The van der Waals surface area contributed by atoms with E-state index in [1.165, 1.54) is 35.3 Å². The van der Waals surface area contributed by atoms with Crippen molar-refractivity contribution in [1.29, 1.82) is 0 Å². The van der Waals surface area contributed by atoms with Crippen molar-refractivity contribution in [1.82, 2.24) is 14.5 Å². The third kappa shape index (κ3) is 2.69. The van der Waals surface area contributed by atoms with Crippen LogP contribution in [-0.4, -0.2) is 14.5 Å². The zero-order valence-corrected chi connectivity index (χ0v) is 16.7. The lowest BCUT2D eigenvalue weighted by Gasteiger charge is -2.20. The summed E-state index contributed by atoms with van der Waals surface area (Å²) in [6, 6.07) is 10.4. The maximum atomic E-state index is 13.0. The van der Waals surface area contributed by atoms with Crippen molar-refractivity contribution < 1.29 is 0 Å². The van der Waals surface area contributed by atoms with E-state index in [4.69, 9.17) is 4.98 Å². The van der Waals surface area contributed by atoms with E-state index in [0.29, 0.717) is 11.2 Å². The van der Waals surface area contributed by atoms with Crippen LogP contribution in [-0.2, 0) is 19.4 Å². The van der Waals surface area contributed by atoms with E-state index in [9.17, 15) is 4.79 Å². The van der Waals surface area contributed by atoms with E-state index in [1.807, 2.05) is 13.0 Å². The lowest BCUT2D eigenvalue weighted by Crippen LogP contribution is -2.20. The number of hydrogen-bond acceptors (Lipinski definition) is 4. The molecule has 0 N–H and O–H groups in total. The normalized spacial score (nSPS) is 13.8. The number of benzene rings is 1. The second-order valence-corrected chi connectivity index (χ2v) is 8.58. The summed E-state index contributed by atoms with van der Waals surface area (Å²) in [5.74, 6) is 0. The van der Waals surface area contributed by atoms with E-state index < -0.39 is 0 Å². The maximum Gasteiger partial charge on any atom is 0.271 e. The quantitative estimate of drug-likeness (QED) is 0.458. The third-order valence-corrected chi connectivity index (χ3v) is 6.46. The minimum Gasteiger partial charge on any atom is -0.294 e. The van der Waals surface area contributed by atoms with Gasteiger partial charge in [-0.25, -0.2) is 9.97 Å². The first-order valence-electron chi connectivity index (χ1n) is 9.66. The summed E-state index contributed by atoms with van der Waals surface area (Å²) in [6.07, 6.45) is 6.07. The molecule has 4 aromatic rings. The molecular weight excluding hydrogens is 366 g/mol. The Labute approximate surface area is 167 Å². The highest BCUT2D eigenvalue weighted by molar-refractivity contribution is 7.25. The minimum absolute atomic E-state index is 0.00169. The Morgan fingerprint density at radius 3 is 2.68 bits per heavy atom. The van der Waals surface area contributed by atoms with Gasteiger partial charge in [-0.1, -0.05) is 42.5 Å². The monoisotopic (exact) mass is 387 g/mol. The molecule has 0 amide bonds. The predicted octanol–water partition coefficient (Wildman–Crippen LogP) is 5.13. The van der Waals surface area contributed by atoms with Gasteiger partial charge in [0.05, 0.1) is 17.5 Å². The van der Waals surface area contributed by atoms with Crippen LogP contribution in [0.5, 0.6) is 0 Å². The van der Waals surface area contributed by atoms with Gasteiger partial charge in [-0.05, 0) is 43.7 Å². The Morgan fingerprint density at radius 2 is 1.93 bits per heavy atom. The average Bonchev–Trinajstić information content (AvgIpc) is 3.09. The average molecular weight is 388 g/mol. The van der Waals surface area contributed by atoms with Gasteiger partial charge < -0.3 is 0 Å². The number of fused-ring (bicyclic) bond motifs is 5. The van der Waals surface area contributed by atoms with Crippen LogP contribution in [0.2, 0.25) is 0 Å². The van der Waals surface area contributed by atoms with E-state index in [-0.39, 0.29) is 5.56 Å². The van der Waals surface area contributed by atoms with Gasteiger partial charge in [-0.3, -0.25) is 9.36 Å². The van der Waals surface area contributed by atoms with Crippen LogP contribution in [0.4, 0.5) is 0 Å². The Bertz CT molecular complexity index is 1280. The van der Waals surface area contributed by atoms with Crippen LogP contribution in [0.25, 0.3) is 31.7 Å². The lowest BCUT2D eigenvalue weighted by molar-refractivity contribution is 0.689. The molecular formula is C23H21N3OS. The largest absolute Gasteiger partial charge is 0.294 e. The highest BCUT2D eigenvalue weighted by atomic mass is 32.1. The van der Waals surface area contributed by atoms with Gasteiger partial charge in [0.2, 0.25) is 0 Å². The molecule has 3 aromatic heterocycles. The standard InChI is InChI=1S/C23H21N3OS/c1-14(2)12-26-13-24-20-18-16-10-6-7-11-17(16)19(15-8-4-3-5-9-15)25-22(18)28-21(20)23(26)27/h3-5,8-9,13H,1,6-7,10-12H2,2H3. The summed E-state index contributed by atoms with van der Waals surface area (Å²) >= 11 is 1.47. The first-order valence-corrected chi connectivity index (χ1v) is 10.5. The van der Waals surface area contributed by atoms with E-state index >= 15 is 0 Å². The predicted molar refractivity (Wildman–Crippen MR) is 116 cm³/mol. The number of allylic oxidation sites excluding steroid dienone is 1. The molecule has 5 heteroatoms. The van der Waals surface area contributed by atoms with Gasteiger partial charge in [-0.2, -0.15) is 0 Å². The number of aromatic nitrogens is 3. The molecule has 0 atom stereocenters. The molecule has 3 heterocycles. The van der Waals surface area contributed by atoms with Crippen LogP contribution < -0.4 is 5.56 Å². The SMILES string of the molecule is C=C(C)Cn1cnc2c(sc3nc(-c4ccccc4)c4c(c32)CCCC4)c1=O. The van der Waals surface area contributed by atoms with Crippen LogP contribution in [0.15, 0.2) is 53.6 Å². The van der Waals surface area contributed by atoms with Gasteiger partial charge >= 0.3 is 0 Å².